The Hall–Kier alpha value is -1.06. The van der Waals surface area contributed by atoms with Gasteiger partial charge < -0.3 is 15.0 Å². The number of nitrogens with one attached hydrogen (secondary N) is 1. The maximum absolute atomic E-state index is 5.54. The molecule has 104 valence electrons. The second-order valence-corrected chi connectivity index (χ2v) is 5.72. The van der Waals surface area contributed by atoms with Gasteiger partial charge in [-0.05, 0) is 37.8 Å². The van der Waals surface area contributed by atoms with Gasteiger partial charge in [0.25, 0.3) is 0 Å². The Labute approximate surface area is 115 Å². The van der Waals surface area contributed by atoms with Gasteiger partial charge in [0.1, 0.15) is 0 Å². The van der Waals surface area contributed by atoms with Crippen molar-refractivity contribution in [1.82, 2.24) is 5.32 Å². The van der Waals surface area contributed by atoms with Crippen LogP contribution in [-0.2, 0) is 11.2 Å². The Bertz CT molecular complexity index is 415. The van der Waals surface area contributed by atoms with Crippen LogP contribution in [0.15, 0.2) is 24.3 Å². The van der Waals surface area contributed by atoms with Gasteiger partial charge in [-0.1, -0.05) is 18.2 Å². The summed E-state index contributed by atoms with van der Waals surface area (Å²) in [7, 11) is 0. The summed E-state index contributed by atoms with van der Waals surface area (Å²) in [5, 5.41) is 3.55. The number of aryl methyl sites for hydroxylation is 1. The van der Waals surface area contributed by atoms with E-state index in [0.29, 0.717) is 12.1 Å². The molecule has 3 rings (SSSR count). The monoisotopic (exact) mass is 260 g/mol. The zero-order valence-corrected chi connectivity index (χ0v) is 11.8. The SMILES string of the molecule is CC1CCc2ccccc2N1CCC1COCCN1. The number of morpholine rings is 1. The number of hydrogen-bond acceptors (Lipinski definition) is 3. The quantitative estimate of drug-likeness (QED) is 0.902. The Morgan fingerprint density at radius 3 is 3.11 bits per heavy atom. The van der Waals surface area contributed by atoms with Crippen molar-refractivity contribution in [3.8, 4) is 0 Å². The first-order chi connectivity index (χ1) is 9.34. The van der Waals surface area contributed by atoms with Gasteiger partial charge in [0.15, 0.2) is 0 Å². The van der Waals surface area contributed by atoms with Gasteiger partial charge in [0, 0.05) is 30.9 Å². The molecular weight excluding hydrogens is 236 g/mol. The first-order valence-corrected chi connectivity index (χ1v) is 7.50. The average molecular weight is 260 g/mol. The van der Waals surface area contributed by atoms with E-state index in [4.69, 9.17) is 4.74 Å². The van der Waals surface area contributed by atoms with Crippen LogP contribution in [0.1, 0.15) is 25.3 Å². The minimum absolute atomic E-state index is 0.523. The average Bonchev–Trinajstić information content (AvgIpc) is 2.47. The lowest BCUT2D eigenvalue weighted by molar-refractivity contribution is 0.0746. The molecule has 0 aromatic heterocycles. The lowest BCUT2D eigenvalue weighted by atomic mass is 9.96. The van der Waals surface area contributed by atoms with Crippen LogP contribution in [0.5, 0.6) is 0 Å². The molecule has 2 aliphatic heterocycles. The van der Waals surface area contributed by atoms with Gasteiger partial charge >= 0.3 is 0 Å². The maximum Gasteiger partial charge on any atom is 0.0620 e. The number of benzene rings is 1. The number of rotatable bonds is 3. The topological polar surface area (TPSA) is 24.5 Å². The number of anilines is 1. The van der Waals surface area contributed by atoms with Crippen molar-refractivity contribution in [3.05, 3.63) is 29.8 Å². The van der Waals surface area contributed by atoms with Gasteiger partial charge in [-0.25, -0.2) is 0 Å². The molecule has 1 aromatic carbocycles. The Morgan fingerprint density at radius 1 is 1.37 bits per heavy atom. The third-order valence-corrected chi connectivity index (χ3v) is 4.38. The molecule has 1 saturated heterocycles. The van der Waals surface area contributed by atoms with Crippen molar-refractivity contribution in [3.63, 3.8) is 0 Å². The molecule has 0 aliphatic carbocycles. The fourth-order valence-electron chi connectivity index (χ4n) is 3.20. The van der Waals surface area contributed by atoms with E-state index in [1.807, 2.05) is 0 Å². The van der Waals surface area contributed by atoms with Crippen molar-refractivity contribution >= 4 is 5.69 Å². The zero-order valence-electron chi connectivity index (χ0n) is 11.8. The third kappa shape index (κ3) is 2.93. The smallest absolute Gasteiger partial charge is 0.0620 e. The standard InChI is InChI=1S/C16H24N2O/c1-13-6-7-14-4-2-3-5-16(14)18(13)10-8-15-12-19-11-9-17-15/h2-5,13,15,17H,6-12H2,1H3. The van der Waals surface area contributed by atoms with Crippen molar-refractivity contribution in [2.75, 3.05) is 31.2 Å². The molecule has 0 radical (unpaired) electrons. The first kappa shape index (κ1) is 12.9. The zero-order chi connectivity index (χ0) is 13.1. The molecule has 0 bridgehead atoms. The molecule has 19 heavy (non-hydrogen) atoms. The van der Waals surface area contributed by atoms with Crippen molar-refractivity contribution in [2.45, 2.75) is 38.3 Å². The maximum atomic E-state index is 5.54. The number of fused-ring (bicyclic) bond motifs is 1. The third-order valence-electron chi connectivity index (χ3n) is 4.38. The lowest BCUT2D eigenvalue weighted by Gasteiger charge is -2.38. The van der Waals surface area contributed by atoms with Crippen LogP contribution in [0.3, 0.4) is 0 Å². The number of ether oxygens (including phenoxy) is 1. The molecule has 3 heteroatoms. The summed E-state index contributed by atoms with van der Waals surface area (Å²) in [6, 6.07) is 10.0. The Kier molecular flexibility index (Phi) is 4.04. The van der Waals surface area contributed by atoms with E-state index in [1.165, 1.54) is 30.5 Å². The molecule has 2 unspecified atom stereocenters. The van der Waals surface area contributed by atoms with Gasteiger partial charge in [0.05, 0.1) is 13.2 Å². The van der Waals surface area contributed by atoms with E-state index in [1.54, 1.807) is 0 Å². The highest BCUT2D eigenvalue weighted by Gasteiger charge is 2.23. The summed E-state index contributed by atoms with van der Waals surface area (Å²) in [5.41, 5.74) is 2.95. The second kappa shape index (κ2) is 5.93. The van der Waals surface area contributed by atoms with Crippen LogP contribution in [-0.4, -0.2) is 38.4 Å². The summed E-state index contributed by atoms with van der Waals surface area (Å²) >= 11 is 0. The van der Waals surface area contributed by atoms with Gasteiger partial charge in [-0.15, -0.1) is 0 Å². The van der Waals surface area contributed by atoms with E-state index < -0.39 is 0 Å². The van der Waals surface area contributed by atoms with Crippen LogP contribution in [0.25, 0.3) is 0 Å². The van der Waals surface area contributed by atoms with Crippen LogP contribution in [0, 0.1) is 0 Å². The molecule has 3 nitrogen and oxygen atoms in total. The first-order valence-electron chi connectivity index (χ1n) is 7.50. The Morgan fingerprint density at radius 2 is 2.26 bits per heavy atom. The van der Waals surface area contributed by atoms with Crippen LogP contribution in [0.2, 0.25) is 0 Å². The van der Waals surface area contributed by atoms with E-state index in [2.05, 4.69) is 41.4 Å². The predicted octanol–water partition coefficient (Wildman–Crippen LogP) is 2.21. The minimum Gasteiger partial charge on any atom is -0.379 e. The highest BCUT2D eigenvalue weighted by atomic mass is 16.5. The number of para-hydroxylation sites is 1. The molecular formula is C16H24N2O. The molecule has 1 N–H and O–H groups in total. The normalized spacial score (nSPS) is 27.1. The summed E-state index contributed by atoms with van der Waals surface area (Å²) in [6.07, 6.45) is 3.66. The summed E-state index contributed by atoms with van der Waals surface area (Å²) < 4.78 is 5.54. The molecule has 0 saturated carbocycles. The number of nitrogens with zero attached hydrogens (tertiary/aromatic N) is 1. The molecule has 1 fully saturated rings. The fourth-order valence-corrected chi connectivity index (χ4v) is 3.20. The fraction of sp³-hybridized carbons (Fsp3) is 0.625. The van der Waals surface area contributed by atoms with E-state index in [-0.39, 0.29) is 0 Å². The van der Waals surface area contributed by atoms with E-state index >= 15 is 0 Å². The Balaban J connectivity index is 1.65. The van der Waals surface area contributed by atoms with Gasteiger partial charge in [0.2, 0.25) is 0 Å². The van der Waals surface area contributed by atoms with Crippen LogP contribution < -0.4 is 10.2 Å². The molecule has 2 atom stereocenters. The van der Waals surface area contributed by atoms with E-state index in [9.17, 15) is 0 Å². The van der Waals surface area contributed by atoms with E-state index in [0.717, 1.165) is 26.3 Å². The van der Waals surface area contributed by atoms with Crippen molar-refractivity contribution in [1.29, 1.82) is 0 Å². The van der Waals surface area contributed by atoms with Crippen LogP contribution >= 0.6 is 0 Å². The lowest BCUT2D eigenvalue weighted by Crippen LogP contribution is -2.45. The van der Waals surface area contributed by atoms with Gasteiger partial charge in [-0.2, -0.15) is 0 Å². The molecule has 0 amide bonds. The van der Waals surface area contributed by atoms with Gasteiger partial charge in [-0.3, -0.25) is 0 Å². The van der Waals surface area contributed by atoms with Crippen molar-refractivity contribution < 1.29 is 4.74 Å². The largest absolute Gasteiger partial charge is 0.379 e. The molecule has 1 aromatic rings. The summed E-state index contributed by atoms with van der Waals surface area (Å²) in [5.74, 6) is 0. The minimum atomic E-state index is 0.523. The van der Waals surface area contributed by atoms with Crippen molar-refractivity contribution in [2.24, 2.45) is 0 Å². The highest BCUT2D eigenvalue weighted by molar-refractivity contribution is 5.56. The predicted molar refractivity (Wildman–Crippen MR) is 78.8 cm³/mol. The van der Waals surface area contributed by atoms with Crippen LogP contribution in [0.4, 0.5) is 5.69 Å². The molecule has 0 spiro atoms. The molecule has 2 heterocycles. The second-order valence-electron chi connectivity index (χ2n) is 5.72. The number of hydrogen-bond donors (Lipinski definition) is 1. The summed E-state index contributed by atoms with van der Waals surface area (Å²) in [6.45, 7) is 6.19. The highest BCUT2D eigenvalue weighted by Crippen LogP contribution is 2.30. The molecule has 2 aliphatic rings. The summed E-state index contributed by atoms with van der Waals surface area (Å²) in [4.78, 5) is 2.58.